The summed E-state index contributed by atoms with van der Waals surface area (Å²) in [5.74, 6) is -0.883. The Morgan fingerprint density at radius 2 is 1.74 bits per heavy atom. The highest BCUT2D eigenvalue weighted by molar-refractivity contribution is 8.08. The fourth-order valence-electron chi connectivity index (χ4n) is 2.38. The van der Waals surface area contributed by atoms with Crippen molar-refractivity contribution in [3.63, 3.8) is 0 Å². The molecule has 19 heavy (non-hydrogen) atoms. The van der Waals surface area contributed by atoms with Crippen molar-refractivity contribution in [2.45, 2.75) is 62.9 Å². The number of esters is 2. The van der Waals surface area contributed by atoms with Crippen LogP contribution in [0.1, 0.15) is 52.4 Å². The standard InChI is InChI=1S/C14H20O3S2/c1-3-6-10-8-5-4-7-9(2)18-11-12(19-10)14(16)17-13(11)15/h9-10H,3-8H2,1-2H3. The van der Waals surface area contributed by atoms with Crippen LogP contribution in [0.25, 0.3) is 0 Å². The number of ether oxygens (including phenoxy) is 1. The van der Waals surface area contributed by atoms with Crippen LogP contribution < -0.4 is 0 Å². The molecule has 0 fully saturated rings. The van der Waals surface area contributed by atoms with E-state index in [1.165, 1.54) is 24.6 Å². The minimum Gasteiger partial charge on any atom is -0.385 e. The minimum absolute atomic E-state index is 0.367. The van der Waals surface area contributed by atoms with Crippen LogP contribution in [0.3, 0.4) is 0 Å². The first-order valence-corrected chi connectivity index (χ1v) is 8.71. The Kier molecular flexibility index (Phi) is 5.39. The first-order chi connectivity index (χ1) is 9.11. The van der Waals surface area contributed by atoms with Gasteiger partial charge < -0.3 is 4.74 Å². The van der Waals surface area contributed by atoms with Crippen LogP contribution in [0.5, 0.6) is 0 Å². The van der Waals surface area contributed by atoms with Gasteiger partial charge in [0.05, 0.1) is 0 Å². The molecule has 2 rings (SSSR count). The van der Waals surface area contributed by atoms with E-state index in [1.54, 1.807) is 11.8 Å². The Bertz CT molecular complexity index is 403. The molecule has 2 aliphatic heterocycles. The number of carbonyl (C=O) groups is 2. The van der Waals surface area contributed by atoms with E-state index in [1.807, 2.05) is 0 Å². The lowest BCUT2D eigenvalue weighted by atomic mass is 10.1. The van der Waals surface area contributed by atoms with E-state index >= 15 is 0 Å². The van der Waals surface area contributed by atoms with Gasteiger partial charge in [0, 0.05) is 10.5 Å². The lowest BCUT2D eigenvalue weighted by molar-refractivity contribution is -0.150. The Hall–Kier alpha value is -0.420. The maximum absolute atomic E-state index is 11.8. The van der Waals surface area contributed by atoms with E-state index in [2.05, 4.69) is 13.8 Å². The van der Waals surface area contributed by atoms with Crippen molar-refractivity contribution in [2.24, 2.45) is 0 Å². The molecule has 2 heterocycles. The van der Waals surface area contributed by atoms with E-state index in [0.717, 1.165) is 25.7 Å². The fourth-order valence-corrected chi connectivity index (χ4v) is 4.98. The van der Waals surface area contributed by atoms with E-state index in [4.69, 9.17) is 4.74 Å². The molecule has 2 unspecified atom stereocenters. The SMILES string of the molecule is CCCC1CCCCC(C)SC2=C(S1)C(=O)OC2=O. The molecule has 2 aliphatic rings. The van der Waals surface area contributed by atoms with Crippen LogP contribution in [0.2, 0.25) is 0 Å². The van der Waals surface area contributed by atoms with Gasteiger partial charge in [-0.3, -0.25) is 0 Å². The van der Waals surface area contributed by atoms with Crippen molar-refractivity contribution < 1.29 is 14.3 Å². The van der Waals surface area contributed by atoms with Crippen molar-refractivity contribution >= 4 is 35.5 Å². The predicted octanol–water partition coefficient (Wildman–Crippen LogP) is 3.88. The minimum atomic E-state index is -0.444. The molecular weight excluding hydrogens is 280 g/mol. The van der Waals surface area contributed by atoms with E-state index in [0.29, 0.717) is 20.3 Å². The van der Waals surface area contributed by atoms with Crippen molar-refractivity contribution in [1.29, 1.82) is 0 Å². The summed E-state index contributed by atoms with van der Waals surface area (Å²) in [7, 11) is 0. The van der Waals surface area contributed by atoms with E-state index < -0.39 is 11.9 Å². The summed E-state index contributed by atoms with van der Waals surface area (Å²) in [5.41, 5.74) is 0. The smallest absolute Gasteiger partial charge is 0.353 e. The second-order valence-electron chi connectivity index (χ2n) is 5.08. The summed E-state index contributed by atoms with van der Waals surface area (Å²) >= 11 is 3.07. The monoisotopic (exact) mass is 300 g/mol. The van der Waals surface area contributed by atoms with E-state index in [-0.39, 0.29) is 0 Å². The van der Waals surface area contributed by atoms with Crippen LogP contribution in [-0.2, 0) is 14.3 Å². The lowest BCUT2D eigenvalue weighted by Gasteiger charge is -2.19. The number of hydrogen-bond donors (Lipinski definition) is 0. The fraction of sp³-hybridized carbons (Fsp3) is 0.714. The van der Waals surface area contributed by atoms with E-state index in [9.17, 15) is 9.59 Å². The molecule has 0 spiro atoms. The van der Waals surface area contributed by atoms with Gasteiger partial charge in [0.25, 0.3) is 0 Å². The molecule has 0 radical (unpaired) electrons. The molecule has 2 atom stereocenters. The zero-order valence-corrected chi connectivity index (χ0v) is 13.1. The summed E-state index contributed by atoms with van der Waals surface area (Å²) in [6.07, 6.45) is 6.80. The van der Waals surface area contributed by atoms with Crippen LogP contribution in [0.4, 0.5) is 0 Å². The van der Waals surface area contributed by atoms with Gasteiger partial charge in [0.15, 0.2) is 0 Å². The van der Waals surface area contributed by atoms with Crippen molar-refractivity contribution in [3.8, 4) is 0 Å². The van der Waals surface area contributed by atoms with Gasteiger partial charge in [0.1, 0.15) is 9.81 Å². The third-order valence-corrected chi connectivity index (χ3v) is 6.15. The Labute approximate surface area is 122 Å². The third-order valence-electron chi connectivity index (χ3n) is 3.36. The molecule has 0 aromatic heterocycles. The topological polar surface area (TPSA) is 43.4 Å². The lowest BCUT2D eigenvalue weighted by Crippen LogP contribution is -2.08. The molecule has 0 bridgehead atoms. The summed E-state index contributed by atoms with van der Waals surface area (Å²) in [5, 5.41) is 0.800. The zero-order valence-electron chi connectivity index (χ0n) is 11.4. The number of carbonyl (C=O) groups excluding carboxylic acids is 2. The third kappa shape index (κ3) is 3.78. The normalized spacial score (nSPS) is 29.2. The van der Waals surface area contributed by atoms with Gasteiger partial charge in [-0.15, -0.1) is 23.5 Å². The van der Waals surface area contributed by atoms with Crippen LogP contribution in [0, 0.1) is 0 Å². The molecule has 0 saturated carbocycles. The van der Waals surface area contributed by atoms with Gasteiger partial charge in [-0.25, -0.2) is 9.59 Å². The highest BCUT2D eigenvalue weighted by atomic mass is 32.2. The number of hydrogen-bond acceptors (Lipinski definition) is 5. The second kappa shape index (κ2) is 6.84. The predicted molar refractivity (Wildman–Crippen MR) is 79.9 cm³/mol. The van der Waals surface area contributed by atoms with Gasteiger partial charge in [-0.2, -0.15) is 0 Å². The average molecular weight is 300 g/mol. The molecule has 3 nitrogen and oxygen atoms in total. The maximum atomic E-state index is 11.8. The molecule has 0 amide bonds. The Balaban J connectivity index is 2.23. The Morgan fingerprint density at radius 1 is 1.11 bits per heavy atom. The highest BCUT2D eigenvalue weighted by Crippen LogP contribution is 2.42. The highest BCUT2D eigenvalue weighted by Gasteiger charge is 2.36. The number of rotatable bonds is 2. The molecule has 5 heteroatoms. The average Bonchev–Trinajstić information content (AvgIpc) is 2.62. The van der Waals surface area contributed by atoms with Crippen molar-refractivity contribution in [2.75, 3.05) is 0 Å². The van der Waals surface area contributed by atoms with Crippen molar-refractivity contribution in [3.05, 3.63) is 9.81 Å². The molecular formula is C14H20O3S2. The number of thioether (sulfide) groups is 2. The summed E-state index contributed by atoms with van der Waals surface area (Å²) in [6, 6.07) is 0. The van der Waals surface area contributed by atoms with Crippen molar-refractivity contribution in [1.82, 2.24) is 0 Å². The van der Waals surface area contributed by atoms with Gasteiger partial charge in [-0.05, 0) is 19.3 Å². The molecule has 0 saturated heterocycles. The Morgan fingerprint density at radius 3 is 2.42 bits per heavy atom. The largest absolute Gasteiger partial charge is 0.385 e. The van der Waals surface area contributed by atoms with Crippen LogP contribution >= 0.6 is 23.5 Å². The zero-order chi connectivity index (χ0) is 13.8. The molecule has 106 valence electrons. The molecule has 0 aliphatic carbocycles. The van der Waals surface area contributed by atoms with Crippen LogP contribution in [0.15, 0.2) is 9.81 Å². The maximum Gasteiger partial charge on any atom is 0.353 e. The van der Waals surface area contributed by atoms with Gasteiger partial charge in [-0.1, -0.05) is 33.1 Å². The van der Waals surface area contributed by atoms with Crippen LogP contribution in [-0.4, -0.2) is 22.4 Å². The van der Waals surface area contributed by atoms with Gasteiger partial charge in [0.2, 0.25) is 0 Å². The summed E-state index contributed by atoms with van der Waals surface area (Å²) in [4.78, 5) is 24.7. The second-order valence-corrected chi connectivity index (χ2v) is 7.84. The van der Waals surface area contributed by atoms with Gasteiger partial charge >= 0.3 is 11.9 Å². The first-order valence-electron chi connectivity index (χ1n) is 6.96. The summed E-state index contributed by atoms with van der Waals surface area (Å²) < 4.78 is 4.78. The number of cyclic esters (lactones) is 2. The molecule has 0 aromatic rings. The quantitative estimate of drug-likeness (QED) is 0.572. The molecule has 0 aromatic carbocycles. The summed E-state index contributed by atoms with van der Waals surface area (Å²) in [6.45, 7) is 4.27. The molecule has 0 N–H and O–H groups in total. The first kappa shape index (κ1) is 15.0.